The van der Waals surface area contributed by atoms with Crippen LogP contribution in [0.2, 0.25) is 0 Å². The molecule has 6 heteroatoms. The number of hydrogen-bond donors (Lipinski definition) is 1. The number of rotatable bonds is 3. The van der Waals surface area contributed by atoms with Gasteiger partial charge in [-0.1, -0.05) is 30.3 Å². The van der Waals surface area contributed by atoms with Gasteiger partial charge in [0.05, 0.1) is 5.69 Å². The van der Waals surface area contributed by atoms with Crippen molar-refractivity contribution in [1.82, 2.24) is 4.98 Å². The molecule has 1 amide bonds. The lowest BCUT2D eigenvalue weighted by Gasteiger charge is -1.99. The third kappa shape index (κ3) is 2.92. The van der Waals surface area contributed by atoms with Gasteiger partial charge >= 0.3 is 0 Å². The Bertz CT molecular complexity index is 1070. The number of halogens is 1. The van der Waals surface area contributed by atoms with Crippen molar-refractivity contribution in [3.8, 4) is 11.3 Å². The second-order valence-electron chi connectivity index (χ2n) is 5.55. The number of thiazole rings is 1. The number of anilines is 1. The highest BCUT2D eigenvalue weighted by molar-refractivity contribution is 7.14. The van der Waals surface area contributed by atoms with Crippen molar-refractivity contribution in [2.45, 2.75) is 6.92 Å². The topological polar surface area (TPSA) is 55.1 Å². The molecule has 4 aromatic rings. The number of nitrogens with one attached hydrogen (secondary N) is 1. The van der Waals surface area contributed by atoms with E-state index in [4.69, 9.17) is 4.42 Å². The first-order valence-corrected chi connectivity index (χ1v) is 8.51. The zero-order valence-corrected chi connectivity index (χ0v) is 14.1. The monoisotopic (exact) mass is 352 g/mol. The summed E-state index contributed by atoms with van der Waals surface area (Å²) < 4.78 is 19.0. The van der Waals surface area contributed by atoms with E-state index in [1.165, 1.54) is 29.5 Å². The summed E-state index contributed by atoms with van der Waals surface area (Å²) in [6.45, 7) is 1.73. The number of fused-ring (bicyclic) bond motifs is 1. The van der Waals surface area contributed by atoms with Gasteiger partial charge in [-0.2, -0.15) is 0 Å². The van der Waals surface area contributed by atoms with Crippen molar-refractivity contribution in [3.63, 3.8) is 0 Å². The maximum Gasteiger partial charge on any atom is 0.293 e. The van der Waals surface area contributed by atoms with E-state index in [2.05, 4.69) is 10.3 Å². The van der Waals surface area contributed by atoms with E-state index in [0.29, 0.717) is 21.7 Å². The average molecular weight is 352 g/mol. The van der Waals surface area contributed by atoms with Crippen LogP contribution in [0.25, 0.3) is 22.2 Å². The largest absolute Gasteiger partial charge is 0.451 e. The van der Waals surface area contributed by atoms with Crippen LogP contribution in [0.1, 0.15) is 16.1 Å². The summed E-state index contributed by atoms with van der Waals surface area (Å²) >= 11 is 1.34. The van der Waals surface area contributed by atoms with Crippen LogP contribution >= 0.6 is 11.3 Å². The van der Waals surface area contributed by atoms with Crippen LogP contribution in [0.3, 0.4) is 0 Å². The van der Waals surface area contributed by atoms with Crippen LogP contribution in [0.15, 0.2) is 58.3 Å². The number of benzene rings is 2. The van der Waals surface area contributed by atoms with E-state index in [-0.39, 0.29) is 11.6 Å². The molecule has 0 aliphatic rings. The lowest BCUT2D eigenvalue weighted by atomic mass is 10.1. The molecule has 4 nitrogen and oxygen atoms in total. The van der Waals surface area contributed by atoms with Gasteiger partial charge in [0.2, 0.25) is 0 Å². The molecule has 2 heterocycles. The minimum atomic E-state index is -0.400. The van der Waals surface area contributed by atoms with Gasteiger partial charge in [-0.15, -0.1) is 11.3 Å². The third-order valence-corrected chi connectivity index (χ3v) is 4.66. The second-order valence-corrected chi connectivity index (χ2v) is 6.41. The normalized spacial score (nSPS) is 11.0. The Labute approximate surface area is 146 Å². The van der Waals surface area contributed by atoms with E-state index >= 15 is 0 Å². The number of carbonyl (C=O) groups is 1. The molecule has 0 saturated carbocycles. The molecule has 0 radical (unpaired) electrons. The van der Waals surface area contributed by atoms with Gasteiger partial charge in [-0.3, -0.25) is 10.1 Å². The highest BCUT2D eigenvalue weighted by Gasteiger charge is 2.19. The lowest BCUT2D eigenvalue weighted by molar-refractivity contribution is 0.0998. The number of nitrogens with zero attached hydrogens (tertiary/aromatic N) is 1. The predicted octanol–water partition coefficient (Wildman–Crippen LogP) is 5.26. The first-order chi connectivity index (χ1) is 12.1. The molecule has 0 aliphatic heterocycles. The van der Waals surface area contributed by atoms with Crippen LogP contribution in [0.5, 0.6) is 0 Å². The molecule has 0 atom stereocenters. The number of carbonyl (C=O) groups excluding carboxylic acids is 1. The molecule has 25 heavy (non-hydrogen) atoms. The molecule has 0 unspecified atom stereocenters. The molecule has 4 rings (SSSR count). The minimum Gasteiger partial charge on any atom is -0.451 e. The van der Waals surface area contributed by atoms with Gasteiger partial charge in [-0.25, -0.2) is 9.37 Å². The van der Waals surface area contributed by atoms with E-state index in [1.54, 1.807) is 6.92 Å². The molecule has 2 aromatic carbocycles. The number of aromatic nitrogens is 1. The zero-order valence-electron chi connectivity index (χ0n) is 13.2. The SMILES string of the molecule is Cc1c(C(=O)Nc2nc(-c3ccccc3)cs2)oc2ccc(F)cc12. The summed E-state index contributed by atoms with van der Waals surface area (Å²) in [7, 11) is 0. The summed E-state index contributed by atoms with van der Waals surface area (Å²) in [5.74, 6) is -0.601. The molecule has 0 spiro atoms. The summed E-state index contributed by atoms with van der Waals surface area (Å²) in [4.78, 5) is 16.9. The fraction of sp³-hybridized carbons (Fsp3) is 0.0526. The predicted molar refractivity (Wildman–Crippen MR) is 96.4 cm³/mol. The maximum atomic E-state index is 13.4. The number of furan rings is 1. The van der Waals surface area contributed by atoms with Crippen LogP contribution in [0.4, 0.5) is 9.52 Å². The highest BCUT2D eigenvalue weighted by atomic mass is 32.1. The van der Waals surface area contributed by atoms with Gasteiger partial charge in [0.1, 0.15) is 11.4 Å². The molecular formula is C19H13FN2O2S. The number of amides is 1. The van der Waals surface area contributed by atoms with Gasteiger partial charge in [0.15, 0.2) is 10.9 Å². The summed E-state index contributed by atoms with van der Waals surface area (Å²) in [6.07, 6.45) is 0. The van der Waals surface area contributed by atoms with Crippen LogP contribution in [-0.2, 0) is 0 Å². The Balaban J connectivity index is 1.61. The Morgan fingerprint density at radius 2 is 2.00 bits per heavy atom. The molecule has 0 fully saturated rings. The summed E-state index contributed by atoms with van der Waals surface area (Å²) in [5, 5.41) is 5.70. The van der Waals surface area contributed by atoms with Crippen LogP contribution in [-0.4, -0.2) is 10.9 Å². The second kappa shape index (κ2) is 6.14. The van der Waals surface area contributed by atoms with Crippen molar-refractivity contribution in [3.05, 3.63) is 71.1 Å². The molecule has 124 valence electrons. The molecule has 0 saturated heterocycles. The Morgan fingerprint density at radius 3 is 2.80 bits per heavy atom. The van der Waals surface area contributed by atoms with Gasteiger partial charge in [0.25, 0.3) is 5.91 Å². The van der Waals surface area contributed by atoms with Crippen molar-refractivity contribution in [2.75, 3.05) is 5.32 Å². The summed E-state index contributed by atoms with van der Waals surface area (Å²) in [6, 6.07) is 13.9. The lowest BCUT2D eigenvalue weighted by Crippen LogP contribution is -2.11. The number of hydrogen-bond acceptors (Lipinski definition) is 4. The Hall–Kier alpha value is -2.99. The molecular weight excluding hydrogens is 339 g/mol. The van der Waals surface area contributed by atoms with E-state index in [0.717, 1.165) is 11.3 Å². The fourth-order valence-electron chi connectivity index (χ4n) is 2.64. The Kier molecular flexibility index (Phi) is 3.82. The smallest absolute Gasteiger partial charge is 0.293 e. The fourth-order valence-corrected chi connectivity index (χ4v) is 3.35. The first-order valence-electron chi connectivity index (χ1n) is 7.63. The van der Waals surface area contributed by atoms with Crippen molar-refractivity contribution >= 4 is 33.3 Å². The average Bonchev–Trinajstić information content (AvgIpc) is 3.21. The Morgan fingerprint density at radius 1 is 1.20 bits per heavy atom. The van der Waals surface area contributed by atoms with Crippen molar-refractivity contribution in [2.24, 2.45) is 0 Å². The van der Waals surface area contributed by atoms with Crippen LogP contribution in [0, 0.1) is 12.7 Å². The molecule has 0 bridgehead atoms. The van der Waals surface area contributed by atoms with Crippen LogP contribution < -0.4 is 5.32 Å². The van der Waals surface area contributed by atoms with E-state index < -0.39 is 5.91 Å². The van der Waals surface area contributed by atoms with Gasteiger partial charge in [-0.05, 0) is 25.1 Å². The maximum absolute atomic E-state index is 13.4. The zero-order chi connectivity index (χ0) is 17.4. The van der Waals surface area contributed by atoms with E-state index in [1.807, 2.05) is 35.7 Å². The quantitative estimate of drug-likeness (QED) is 0.547. The van der Waals surface area contributed by atoms with Gasteiger partial charge in [0, 0.05) is 21.9 Å². The molecule has 2 aromatic heterocycles. The van der Waals surface area contributed by atoms with Crippen molar-refractivity contribution < 1.29 is 13.6 Å². The molecule has 0 aliphatic carbocycles. The van der Waals surface area contributed by atoms with Crippen molar-refractivity contribution in [1.29, 1.82) is 0 Å². The third-order valence-electron chi connectivity index (χ3n) is 3.90. The standard InChI is InChI=1S/C19H13FN2O2S/c1-11-14-9-13(20)7-8-16(14)24-17(11)18(23)22-19-21-15(10-25-19)12-5-3-2-4-6-12/h2-10H,1H3,(H,21,22,23). The number of aryl methyl sites for hydroxylation is 1. The highest BCUT2D eigenvalue weighted by Crippen LogP contribution is 2.28. The summed E-state index contributed by atoms with van der Waals surface area (Å²) in [5.41, 5.74) is 2.86. The molecule has 1 N–H and O–H groups in total. The van der Waals surface area contributed by atoms with E-state index in [9.17, 15) is 9.18 Å². The minimum absolute atomic E-state index is 0.164. The van der Waals surface area contributed by atoms with Gasteiger partial charge < -0.3 is 4.42 Å². The first kappa shape index (κ1) is 15.5.